The van der Waals surface area contributed by atoms with Gasteiger partial charge in [0.15, 0.2) is 0 Å². The van der Waals surface area contributed by atoms with E-state index in [9.17, 15) is 0 Å². The van der Waals surface area contributed by atoms with Gasteiger partial charge in [-0.2, -0.15) is 5.10 Å². The zero-order chi connectivity index (χ0) is 12.6. The molecule has 17 heavy (non-hydrogen) atoms. The Balaban J connectivity index is 2.67. The minimum atomic E-state index is 0.0498. The van der Waals surface area contributed by atoms with Crippen LogP contribution < -0.4 is 5.73 Å². The summed E-state index contributed by atoms with van der Waals surface area (Å²) in [6, 6.07) is 6.33. The number of fused-ring (bicyclic) bond motifs is 1. The zero-order valence-corrected chi connectivity index (χ0v) is 11.1. The quantitative estimate of drug-likeness (QED) is 0.882. The van der Waals surface area contributed by atoms with Crippen LogP contribution in [0, 0.1) is 5.92 Å². The second-order valence-electron chi connectivity index (χ2n) is 5.20. The van der Waals surface area contributed by atoms with Crippen molar-refractivity contribution in [1.82, 2.24) is 9.78 Å². The average Bonchev–Trinajstić information content (AvgIpc) is 2.55. The van der Waals surface area contributed by atoms with Crippen molar-refractivity contribution in [3.63, 3.8) is 0 Å². The molecule has 0 aliphatic heterocycles. The molecule has 1 heterocycles. The minimum Gasteiger partial charge on any atom is -0.324 e. The molecule has 0 radical (unpaired) electrons. The summed E-state index contributed by atoms with van der Waals surface area (Å²) in [6.07, 6.45) is 1.00. The lowest BCUT2D eigenvalue weighted by Gasteiger charge is -2.09. The van der Waals surface area contributed by atoms with E-state index < -0.39 is 0 Å². The summed E-state index contributed by atoms with van der Waals surface area (Å²) in [6.45, 7) is 6.46. The van der Waals surface area contributed by atoms with Crippen LogP contribution in [0.25, 0.3) is 10.9 Å². The third-order valence-electron chi connectivity index (χ3n) is 3.07. The van der Waals surface area contributed by atoms with Crippen LogP contribution in [0.15, 0.2) is 18.2 Å². The molecule has 0 aliphatic rings. The van der Waals surface area contributed by atoms with E-state index in [1.807, 2.05) is 18.7 Å². The molecule has 0 saturated carbocycles. The van der Waals surface area contributed by atoms with E-state index in [0.717, 1.165) is 6.42 Å². The van der Waals surface area contributed by atoms with Crippen molar-refractivity contribution in [2.75, 3.05) is 0 Å². The Hall–Kier alpha value is -1.35. The van der Waals surface area contributed by atoms with E-state index in [4.69, 9.17) is 5.73 Å². The van der Waals surface area contributed by atoms with E-state index in [-0.39, 0.29) is 6.04 Å². The third-order valence-corrected chi connectivity index (χ3v) is 3.07. The van der Waals surface area contributed by atoms with Crippen molar-refractivity contribution in [2.24, 2.45) is 18.7 Å². The maximum absolute atomic E-state index is 6.05. The summed E-state index contributed by atoms with van der Waals surface area (Å²) in [5.74, 6) is 0.606. The first kappa shape index (κ1) is 12.1. The van der Waals surface area contributed by atoms with Gasteiger partial charge in [0.05, 0.1) is 11.2 Å². The van der Waals surface area contributed by atoms with Gasteiger partial charge in [0.1, 0.15) is 0 Å². The van der Waals surface area contributed by atoms with Gasteiger partial charge in [-0.25, -0.2) is 0 Å². The first-order valence-corrected chi connectivity index (χ1v) is 6.20. The Kier molecular flexibility index (Phi) is 3.20. The average molecular weight is 231 g/mol. The SMILES string of the molecule is CC(C)Cc1nn(C)c2cccc(C(C)N)c12. The van der Waals surface area contributed by atoms with Crippen molar-refractivity contribution in [3.8, 4) is 0 Å². The highest BCUT2D eigenvalue weighted by Crippen LogP contribution is 2.27. The van der Waals surface area contributed by atoms with Gasteiger partial charge in [0, 0.05) is 18.5 Å². The maximum Gasteiger partial charge on any atom is 0.0709 e. The lowest BCUT2D eigenvalue weighted by atomic mass is 9.98. The van der Waals surface area contributed by atoms with Gasteiger partial charge in [-0.1, -0.05) is 26.0 Å². The predicted octanol–water partition coefficient (Wildman–Crippen LogP) is 2.79. The van der Waals surface area contributed by atoms with E-state index in [1.165, 1.54) is 22.2 Å². The van der Waals surface area contributed by atoms with Gasteiger partial charge in [-0.3, -0.25) is 4.68 Å². The molecule has 2 rings (SSSR count). The van der Waals surface area contributed by atoms with Crippen LogP contribution in [0.3, 0.4) is 0 Å². The first-order chi connectivity index (χ1) is 8.00. The van der Waals surface area contributed by atoms with Crippen molar-refractivity contribution in [1.29, 1.82) is 0 Å². The topological polar surface area (TPSA) is 43.8 Å². The van der Waals surface area contributed by atoms with Crippen molar-refractivity contribution in [2.45, 2.75) is 33.2 Å². The van der Waals surface area contributed by atoms with E-state index in [2.05, 4.69) is 37.1 Å². The molecule has 0 fully saturated rings. The number of hydrogen-bond acceptors (Lipinski definition) is 2. The van der Waals surface area contributed by atoms with Crippen molar-refractivity contribution in [3.05, 3.63) is 29.5 Å². The number of aromatic nitrogens is 2. The Morgan fingerprint density at radius 2 is 2.00 bits per heavy atom. The highest BCUT2D eigenvalue weighted by atomic mass is 15.3. The van der Waals surface area contributed by atoms with Crippen LogP contribution in [-0.4, -0.2) is 9.78 Å². The van der Waals surface area contributed by atoms with Gasteiger partial charge in [0.25, 0.3) is 0 Å². The molecule has 0 bridgehead atoms. The number of aryl methyl sites for hydroxylation is 1. The lowest BCUT2D eigenvalue weighted by molar-refractivity contribution is 0.624. The first-order valence-electron chi connectivity index (χ1n) is 6.20. The largest absolute Gasteiger partial charge is 0.324 e. The predicted molar refractivity (Wildman–Crippen MR) is 71.9 cm³/mol. The number of benzene rings is 1. The van der Waals surface area contributed by atoms with Gasteiger partial charge < -0.3 is 5.73 Å². The number of hydrogen-bond donors (Lipinski definition) is 1. The second-order valence-corrected chi connectivity index (χ2v) is 5.20. The van der Waals surface area contributed by atoms with Crippen LogP contribution in [0.2, 0.25) is 0 Å². The zero-order valence-electron chi connectivity index (χ0n) is 11.1. The molecule has 92 valence electrons. The minimum absolute atomic E-state index is 0.0498. The molecule has 3 heteroatoms. The van der Waals surface area contributed by atoms with Crippen LogP contribution in [0.5, 0.6) is 0 Å². The third kappa shape index (κ3) is 2.20. The van der Waals surface area contributed by atoms with Gasteiger partial charge >= 0.3 is 0 Å². The summed E-state index contributed by atoms with van der Waals surface area (Å²) in [7, 11) is 2.00. The summed E-state index contributed by atoms with van der Waals surface area (Å²) >= 11 is 0. The molecule has 1 unspecified atom stereocenters. The Labute approximate surface area is 103 Å². The molecule has 0 spiro atoms. The molecule has 2 N–H and O–H groups in total. The number of nitrogens with two attached hydrogens (primary N) is 1. The van der Waals surface area contributed by atoms with Gasteiger partial charge in [0.2, 0.25) is 0 Å². The van der Waals surface area contributed by atoms with E-state index in [1.54, 1.807) is 0 Å². The van der Waals surface area contributed by atoms with Crippen LogP contribution in [0.4, 0.5) is 0 Å². The van der Waals surface area contributed by atoms with Crippen LogP contribution in [0.1, 0.15) is 38.1 Å². The highest BCUT2D eigenvalue weighted by Gasteiger charge is 2.15. The molecular weight excluding hydrogens is 210 g/mol. The fourth-order valence-corrected chi connectivity index (χ4v) is 2.34. The van der Waals surface area contributed by atoms with E-state index >= 15 is 0 Å². The molecule has 1 aromatic heterocycles. The fraction of sp³-hybridized carbons (Fsp3) is 0.500. The van der Waals surface area contributed by atoms with Crippen molar-refractivity contribution >= 4 is 10.9 Å². The Morgan fingerprint density at radius 3 is 2.59 bits per heavy atom. The summed E-state index contributed by atoms with van der Waals surface area (Å²) < 4.78 is 1.96. The molecule has 0 saturated heterocycles. The van der Waals surface area contributed by atoms with Crippen LogP contribution in [-0.2, 0) is 13.5 Å². The molecule has 1 atom stereocenters. The molecular formula is C14H21N3. The highest BCUT2D eigenvalue weighted by molar-refractivity contribution is 5.86. The maximum atomic E-state index is 6.05. The normalized spacial score (nSPS) is 13.5. The van der Waals surface area contributed by atoms with Crippen LogP contribution >= 0.6 is 0 Å². The smallest absolute Gasteiger partial charge is 0.0709 e. The Bertz CT molecular complexity index is 523. The molecule has 0 aliphatic carbocycles. The van der Waals surface area contributed by atoms with Gasteiger partial charge in [-0.15, -0.1) is 0 Å². The molecule has 1 aromatic carbocycles. The fourth-order valence-electron chi connectivity index (χ4n) is 2.34. The van der Waals surface area contributed by atoms with Crippen molar-refractivity contribution < 1.29 is 0 Å². The second kappa shape index (κ2) is 4.49. The Morgan fingerprint density at radius 1 is 1.29 bits per heavy atom. The van der Waals surface area contributed by atoms with E-state index in [0.29, 0.717) is 5.92 Å². The molecule has 2 aromatic rings. The van der Waals surface area contributed by atoms with Gasteiger partial charge in [-0.05, 0) is 30.9 Å². The number of rotatable bonds is 3. The number of nitrogens with zero attached hydrogens (tertiary/aromatic N) is 2. The standard InChI is InChI=1S/C14H21N3/c1-9(2)8-12-14-11(10(3)15)6-5-7-13(14)17(4)16-12/h5-7,9-10H,8,15H2,1-4H3. The summed E-state index contributed by atoms with van der Waals surface area (Å²) in [4.78, 5) is 0. The summed E-state index contributed by atoms with van der Waals surface area (Å²) in [5.41, 5.74) is 9.60. The monoisotopic (exact) mass is 231 g/mol. The lowest BCUT2D eigenvalue weighted by Crippen LogP contribution is -2.06. The summed E-state index contributed by atoms with van der Waals surface area (Å²) in [5, 5.41) is 5.88. The molecule has 0 amide bonds. The molecule has 3 nitrogen and oxygen atoms in total.